The molecule has 2 rings (SSSR count). The minimum atomic E-state index is -1.52. The van der Waals surface area contributed by atoms with E-state index in [4.69, 9.17) is 14.2 Å². The van der Waals surface area contributed by atoms with Gasteiger partial charge in [0.05, 0.1) is 32.8 Å². The van der Waals surface area contributed by atoms with Gasteiger partial charge in [0.25, 0.3) is 0 Å². The largest absolute Gasteiger partial charge is 0.467 e. The number of allylic oxidation sites excluding steroid dienone is 1. The molecule has 0 saturated heterocycles. The van der Waals surface area contributed by atoms with Crippen molar-refractivity contribution in [1.82, 2.24) is 13.7 Å². The van der Waals surface area contributed by atoms with Crippen LogP contribution in [0.1, 0.15) is 18.1 Å². The fourth-order valence-corrected chi connectivity index (χ4v) is 4.00. The van der Waals surface area contributed by atoms with Gasteiger partial charge in [-0.25, -0.2) is 37.7 Å². The van der Waals surface area contributed by atoms with Crippen molar-refractivity contribution in [3.63, 3.8) is 0 Å². The highest BCUT2D eigenvalue weighted by Crippen LogP contribution is 2.08. The van der Waals surface area contributed by atoms with Gasteiger partial charge in [-0.3, -0.25) is 9.59 Å². The van der Waals surface area contributed by atoms with Crippen LogP contribution in [0.25, 0.3) is 0 Å². The molecule has 16 nitrogen and oxygen atoms in total. The van der Waals surface area contributed by atoms with Crippen molar-refractivity contribution >= 4 is 23.5 Å². The quantitative estimate of drug-likeness (QED) is 0.117. The van der Waals surface area contributed by atoms with Crippen LogP contribution in [0.4, 0.5) is 0 Å². The number of ether oxygens (including phenoxy) is 4. The van der Waals surface area contributed by atoms with Gasteiger partial charge in [-0.2, -0.15) is 0 Å². The van der Waals surface area contributed by atoms with E-state index < -0.39 is 74.1 Å². The standard InChI is InChI=1S/C29H37N3O13/c1-4-8-30-27(39)31(12-19(2)33)29(41)32(28(30)40)13-24(36)16-45-26(38)18-44-15-23(35)11-21-7-5-6-20(9-21)10-22(34)14-43-17-25(37)42-3/h4-7,9,19,24,33,36H,1,8,10-18H2,2-3H3. The SMILES string of the molecule is C=CCn1c(=O)n(CC(C)O)c(=O)n(CC(O)COC(=O)COCC(=O)Cc2cccc(CC(=O)COCC(=O)OC)c2)c1=O. The molecule has 2 atom stereocenters. The van der Waals surface area contributed by atoms with Gasteiger partial charge in [0, 0.05) is 12.8 Å². The van der Waals surface area contributed by atoms with E-state index in [-0.39, 0.29) is 44.2 Å². The maximum atomic E-state index is 12.7. The molecule has 0 fully saturated rings. The first-order valence-electron chi connectivity index (χ1n) is 13.8. The number of ketones is 2. The molecule has 0 amide bonds. The second-order valence-electron chi connectivity index (χ2n) is 9.97. The first-order valence-corrected chi connectivity index (χ1v) is 13.8. The van der Waals surface area contributed by atoms with Gasteiger partial charge >= 0.3 is 29.0 Å². The van der Waals surface area contributed by atoms with Crippen LogP contribution in [-0.4, -0.2) is 99.8 Å². The molecule has 1 aromatic heterocycles. The van der Waals surface area contributed by atoms with Crippen molar-refractivity contribution in [2.45, 2.75) is 51.6 Å². The van der Waals surface area contributed by atoms with E-state index in [0.29, 0.717) is 24.8 Å². The summed E-state index contributed by atoms with van der Waals surface area (Å²) in [6, 6.07) is 6.73. The van der Waals surface area contributed by atoms with Crippen molar-refractivity contribution in [2.24, 2.45) is 0 Å². The number of Topliss-reactive ketones (excluding diaryl/α,β-unsaturated/α-hetero) is 2. The summed E-state index contributed by atoms with van der Waals surface area (Å²) in [5.74, 6) is -2.16. The topological polar surface area (TPSA) is 212 Å². The smallest absolute Gasteiger partial charge is 0.336 e. The number of methoxy groups -OCH3 is 1. The van der Waals surface area contributed by atoms with E-state index in [1.165, 1.54) is 20.1 Å². The lowest BCUT2D eigenvalue weighted by molar-refractivity contribution is -0.153. The lowest BCUT2D eigenvalue weighted by Crippen LogP contribution is -2.56. The summed E-state index contributed by atoms with van der Waals surface area (Å²) in [5, 5.41) is 20.0. The molecule has 1 aromatic carbocycles. The number of esters is 2. The summed E-state index contributed by atoms with van der Waals surface area (Å²) in [6.07, 6.45) is -1.34. The first-order chi connectivity index (χ1) is 21.4. The highest BCUT2D eigenvalue weighted by Gasteiger charge is 2.19. The van der Waals surface area contributed by atoms with E-state index in [1.807, 2.05) is 0 Å². The molecule has 1 heterocycles. The third kappa shape index (κ3) is 12.2. The molecule has 2 unspecified atom stereocenters. The minimum absolute atomic E-state index is 0.0306. The van der Waals surface area contributed by atoms with Gasteiger partial charge in [0.1, 0.15) is 39.1 Å². The number of nitrogens with zero attached hydrogens (tertiary/aromatic N) is 3. The molecule has 0 aliphatic heterocycles. The number of benzene rings is 1. The van der Waals surface area contributed by atoms with E-state index in [2.05, 4.69) is 11.3 Å². The summed E-state index contributed by atoms with van der Waals surface area (Å²) in [6.45, 7) is 1.29. The molecule has 0 aliphatic carbocycles. The number of aliphatic hydroxyl groups is 2. The molecular formula is C29H37N3O13. The van der Waals surface area contributed by atoms with Crippen LogP contribution in [-0.2, 0) is 70.6 Å². The predicted octanol–water partition coefficient (Wildman–Crippen LogP) is -2.23. The van der Waals surface area contributed by atoms with Crippen LogP contribution in [0.5, 0.6) is 0 Å². The molecule has 0 bridgehead atoms. The Morgan fingerprint density at radius 3 is 1.84 bits per heavy atom. The van der Waals surface area contributed by atoms with Crippen LogP contribution in [0.3, 0.4) is 0 Å². The monoisotopic (exact) mass is 635 g/mol. The van der Waals surface area contributed by atoms with Crippen molar-refractivity contribution in [1.29, 1.82) is 0 Å². The number of hydrogen-bond donors (Lipinski definition) is 2. The molecule has 2 aromatic rings. The predicted molar refractivity (Wildman–Crippen MR) is 156 cm³/mol. The third-order valence-corrected chi connectivity index (χ3v) is 5.96. The van der Waals surface area contributed by atoms with E-state index in [9.17, 15) is 43.8 Å². The van der Waals surface area contributed by atoms with Gasteiger partial charge < -0.3 is 29.2 Å². The fraction of sp³-hybridized carbons (Fsp3) is 0.483. The Kier molecular flexibility index (Phi) is 14.9. The van der Waals surface area contributed by atoms with Gasteiger partial charge in [0.2, 0.25) is 0 Å². The summed E-state index contributed by atoms with van der Waals surface area (Å²) < 4.78 is 21.4. The second-order valence-corrected chi connectivity index (χ2v) is 9.97. The van der Waals surface area contributed by atoms with E-state index >= 15 is 0 Å². The zero-order valence-electron chi connectivity index (χ0n) is 25.0. The van der Waals surface area contributed by atoms with Gasteiger partial charge in [-0.05, 0) is 18.1 Å². The zero-order chi connectivity index (χ0) is 33.5. The van der Waals surface area contributed by atoms with Crippen LogP contribution in [0, 0.1) is 0 Å². The van der Waals surface area contributed by atoms with Crippen LogP contribution in [0.15, 0.2) is 51.3 Å². The lowest BCUT2D eigenvalue weighted by Gasteiger charge is -2.16. The molecule has 0 spiro atoms. The summed E-state index contributed by atoms with van der Waals surface area (Å²) in [7, 11) is 1.20. The molecule has 2 N–H and O–H groups in total. The fourth-order valence-electron chi connectivity index (χ4n) is 4.00. The summed E-state index contributed by atoms with van der Waals surface area (Å²) in [4.78, 5) is 85.4. The summed E-state index contributed by atoms with van der Waals surface area (Å²) >= 11 is 0. The summed E-state index contributed by atoms with van der Waals surface area (Å²) in [5.41, 5.74) is -1.77. The van der Waals surface area contributed by atoms with Gasteiger partial charge in [-0.15, -0.1) is 6.58 Å². The average molecular weight is 636 g/mol. The Labute approximate surface area is 257 Å². The van der Waals surface area contributed by atoms with Crippen molar-refractivity contribution in [3.8, 4) is 0 Å². The van der Waals surface area contributed by atoms with Crippen LogP contribution >= 0.6 is 0 Å². The number of hydrogen-bond acceptors (Lipinski definition) is 13. The van der Waals surface area contributed by atoms with Crippen LogP contribution < -0.4 is 17.1 Å². The Bertz CT molecular complexity index is 1540. The molecular weight excluding hydrogens is 598 g/mol. The minimum Gasteiger partial charge on any atom is -0.467 e. The highest BCUT2D eigenvalue weighted by molar-refractivity contribution is 5.84. The van der Waals surface area contributed by atoms with Crippen molar-refractivity contribution < 1.29 is 48.3 Å². The first kappa shape index (κ1) is 36.7. The van der Waals surface area contributed by atoms with Crippen molar-refractivity contribution in [3.05, 3.63) is 79.5 Å². The number of aromatic nitrogens is 3. The molecule has 16 heteroatoms. The van der Waals surface area contributed by atoms with Gasteiger partial charge in [0.15, 0.2) is 11.6 Å². The maximum Gasteiger partial charge on any atom is 0.336 e. The Morgan fingerprint density at radius 2 is 1.33 bits per heavy atom. The zero-order valence-corrected chi connectivity index (χ0v) is 25.0. The van der Waals surface area contributed by atoms with E-state index in [0.717, 1.165) is 0 Å². The number of rotatable bonds is 20. The Morgan fingerprint density at radius 1 is 0.822 bits per heavy atom. The average Bonchev–Trinajstić information content (AvgIpc) is 2.98. The number of carbonyl (C=O) groups excluding carboxylic acids is 4. The van der Waals surface area contributed by atoms with Crippen molar-refractivity contribution in [2.75, 3.05) is 40.1 Å². The van der Waals surface area contributed by atoms with Gasteiger partial charge in [-0.1, -0.05) is 30.3 Å². The number of aliphatic hydroxyl groups excluding tert-OH is 2. The molecule has 246 valence electrons. The Hall–Kier alpha value is -4.51. The molecule has 0 saturated carbocycles. The second kappa shape index (κ2) is 18.3. The van der Waals surface area contributed by atoms with E-state index in [1.54, 1.807) is 24.3 Å². The molecule has 45 heavy (non-hydrogen) atoms. The molecule has 0 aliphatic rings. The lowest BCUT2D eigenvalue weighted by atomic mass is 10.0. The highest BCUT2D eigenvalue weighted by atomic mass is 16.6. The maximum absolute atomic E-state index is 12.7. The normalized spacial score (nSPS) is 12.3. The third-order valence-electron chi connectivity index (χ3n) is 5.96. The Balaban J connectivity index is 1.83. The number of carbonyl (C=O) groups is 4. The molecule has 0 radical (unpaired) electrons. The van der Waals surface area contributed by atoms with Crippen LogP contribution in [0.2, 0.25) is 0 Å².